The lowest BCUT2D eigenvalue weighted by molar-refractivity contribution is 0.0808. The number of ether oxygens (including phenoxy) is 4. The molecule has 0 fully saturated rings. The van der Waals surface area contributed by atoms with Gasteiger partial charge in [0.1, 0.15) is 11.5 Å². The minimum atomic E-state index is -0.687. The lowest BCUT2D eigenvalue weighted by Crippen LogP contribution is -2.17. The molecular formula is C23H28O6. The van der Waals surface area contributed by atoms with E-state index >= 15 is 0 Å². The van der Waals surface area contributed by atoms with Gasteiger partial charge >= 0.3 is 12.3 Å². The minimum absolute atomic E-state index is 0.280. The highest BCUT2D eigenvalue weighted by molar-refractivity contribution is 5.64. The lowest BCUT2D eigenvalue weighted by Gasteiger charge is -2.14. The summed E-state index contributed by atoms with van der Waals surface area (Å²) in [5.41, 5.74) is 0. The molecule has 0 saturated carbocycles. The summed E-state index contributed by atoms with van der Waals surface area (Å²) in [5.74, 6) is 1.22. The van der Waals surface area contributed by atoms with Crippen molar-refractivity contribution in [3.63, 3.8) is 0 Å². The van der Waals surface area contributed by atoms with E-state index in [0.29, 0.717) is 24.7 Å². The van der Waals surface area contributed by atoms with Crippen LogP contribution >= 0.6 is 0 Å². The van der Waals surface area contributed by atoms with Crippen molar-refractivity contribution in [1.82, 2.24) is 0 Å². The molecule has 0 amide bonds. The maximum atomic E-state index is 11.7. The molecule has 0 aromatic heterocycles. The Kier molecular flexibility index (Phi) is 10.1. The molecule has 0 radical (unpaired) electrons. The number of carbonyl (C=O) groups is 2. The summed E-state index contributed by atoms with van der Waals surface area (Å²) >= 11 is 0. The van der Waals surface area contributed by atoms with Gasteiger partial charge in [0.15, 0.2) is 0 Å². The molecule has 2 aromatic carbocycles. The molecule has 0 spiro atoms. The van der Waals surface area contributed by atoms with E-state index in [1.165, 1.54) is 0 Å². The predicted molar refractivity (Wildman–Crippen MR) is 109 cm³/mol. The zero-order valence-corrected chi connectivity index (χ0v) is 16.8. The van der Waals surface area contributed by atoms with Gasteiger partial charge in [-0.1, -0.05) is 62.6 Å². The van der Waals surface area contributed by atoms with Crippen molar-refractivity contribution in [1.29, 1.82) is 0 Å². The van der Waals surface area contributed by atoms with Crippen LogP contribution in [0.3, 0.4) is 0 Å². The van der Waals surface area contributed by atoms with Gasteiger partial charge in [0, 0.05) is 0 Å². The monoisotopic (exact) mass is 400 g/mol. The van der Waals surface area contributed by atoms with Crippen molar-refractivity contribution >= 4 is 12.3 Å². The quantitative estimate of drug-likeness (QED) is 0.261. The number of para-hydroxylation sites is 2. The van der Waals surface area contributed by atoms with Crippen LogP contribution in [0.1, 0.15) is 39.0 Å². The van der Waals surface area contributed by atoms with Gasteiger partial charge < -0.3 is 18.9 Å². The Morgan fingerprint density at radius 3 is 1.86 bits per heavy atom. The van der Waals surface area contributed by atoms with Gasteiger partial charge in [-0.05, 0) is 43.0 Å². The number of hydrogen-bond acceptors (Lipinski definition) is 6. The largest absolute Gasteiger partial charge is 0.513 e. The molecule has 2 rings (SSSR count). The first-order valence-electron chi connectivity index (χ1n) is 9.96. The molecule has 0 aliphatic heterocycles. The van der Waals surface area contributed by atoms with Crippen LogP contribution < -0.4 is 9.47 Å². The molecule has 0 N–H and O–H groups in total. The maximum Gasteiger partial charge on any atom is 0.513 e. The summed E-state index contributed by atoms with van der Waals surface area (Å²) < 4.78 is 20.4. The van der Waals surface area contributed by atoms with Crippen molar-refractivity contribution in [3.8, 4) is 11.5 Å². The Hall–Kier alpha value is -3.02. The summed E-state index contributed by atoms with van der Waals surface area (Å²) in [7, 11) is 0. The Morgan fingerprint density at radius 2 is 1.31 bits per heavy atom. The van der Waals surface area contributed by atoms with E-state index in [0.717, 1.165) is 32.1 Å². The highest BCUT2D eigenvalue weighted by atomic mass is 16.7. The highest BCUT2D eigenvalue weighted by Crippen LogP contribution is 2.16. The molecule has 0 aliphatic carbocycles. The zero-order valence-electron chi connectivity index (χ0n) is 16.8. The molecule has 6 heteroatoms. The van der Waals surface area contributed by atoms with Gasteiger partial charge in [0.2, 0.25) is 0 Å². The van der Waals surface area contributed by atoms with E-state index in [2.05, 4.69) is 6.92 Å². The minimum Gasteiger partial charge on any atom is -0.434 e. The molecule has 1 unspecified atom stereocenters. The SMILES string of the molecule is CCC(CCCCCOC(=O)Oc1ccccc1)COC(=O)Oc1ccccc1. The van der Waals surface area contributed by atoms with Gasteiger partial charge in [-0.2, -0.15) is 0 Å². The van der Waals surface area contributed by atoms with Crippen molar-refractivity contribution in [2.45, 2.75) is 39.0 Å². The number of unbranched alkanes of at least 4 members (excludes halogenated alkanes) is 2. The Bertz CT molecular complexity index is 717. The van der Waals surface area contributed by atoms with Crippen LogP contribution in [0.4, 0.5) is 9.59 Å². The lowest BCUT2D eigenvalue weighted by atomic mass is 10.00. The first-order chi connectivity index (χ1) is 14.2. The van der Waals surface area contributed by atoms with Crippen LogP contribution in [0.5, 0.6) is 11.5 Å². The van der Waals surface area contributed by atoms with Crippen LogP contribution in [0, 0.1) is 5.92 Å². The van der Waals surface area contributed by atoms with E-state index in [1.807, 2.05) is 12.1 Å². The maximum absolute atomic E-state index is 11.7. The van der Waals surface area contributed by atoms with Gasteiger partial charge in [-0.15, -0.1) is 0 Å². The molecule has 0 bridgehead atoms. The van der Waals surface area contributed by atoms with Crippen molar-refractivity contribution in [2.75, 3.05) is 13.2 Å². The molecule has 0 heterocycles. The highest BCUT2D eigenvalue weighted by Gasteiger charge is 2.12. The van der Waals surface area contributed by atoms with Crippen LogP contribution in [-0.4, -0.2) is 25.5 Å². The molecule has 0 aliphatic rings. The average Bonchev–Trinajstić information content (AvgIpc) is 2.74. The first-order valence-corrected chi connectivity index (χ1v) is 9.96. The molecule has 1 atom stereocenters. The molecule has 0 saturated heterocycles. The molecule has 29 heavy (non-hydrogen) atoms. The average molecular weight is 400 g/mol. The number of rotatable bonds is 11. The van der Waals surface area contributed by atoms with E-state index in [4.69, 9.17) is 18.9 Å². The number of benzene rings is 2. The summed E-state index contributed by atoms with van der Waals surface area (Å²) in [5, 5.41) is 0. The van der Waals surface area contributed by atoms with Crippen molar-refractivity contribution < 1.29 is 28.5 Å². The van der Waals surface area contributed by atoms with E-state index in [-0.39, 0.29) is 5.92 Å². The third-order valence-electron chi connectivity index (χ3n) is 4.38. The van der Waals surface area contributed by atoms with E-state index < -0.39 is 12.3 Å². The Morgan fingerprint density at radius 1 is 0.759 bits per heavy atom. The zero-order chi connectivity index (χ0) is 20.7. The van der Waals surface area contributed by atoms with Gasteiger partial charge in [0.25, 0.3) is 0 Å². The van der Waals surface area contributed by atoms with Gasteiger partial charge in [-0.3, -0.25) is 0 Å². The fourth-order valence-corrected chi connectivity index (χ4v) is 2.69. The molecule has 156 valence electrons. The summed E-state index contributed by atoms with van der Waals surface area (Å²) in [6.45, 7) is 2.73. The number of carbonyl (C=O) groups excluding carboxylic acids is 2. The third-order valence-corrected chi connectivity index (χ3v) is 4.38. The smallest absolute Gasteiger partial charge is 0.434 e. The Balaban J connectivity index is 1.51. The van der Waals surface area contributed by atoms with Crippen LogP contribution in [0.2, 0.25) is 0 Å². The topological polar surface area (TPSA) is 71.1 Å². The van der Waals surface area contributed by atoms with E-state index in [9.17, 15) is 9.59 Å². The summed E-state index contributed by atoms with van der Waals surface area (Å²) in [4.78, 5) is 23.3. The van der Waals surface area contributed by atoms with Crippen LogP contribution in [0.25, 0.3) is 0 Å². The molecule has 6 nitrogen and oxygen atoms in total. The first kappa shape index (κ1) is 22.3. The second-order valence-corrected chi connectivity index (χ2v) is 6.61. The normalized spacial score (nSPS) is 11.3. The number of hydrogen-bond donors (Lipinski definition) is 0. The van der Waals surface area contributed by atoms with Gasteiger partial charge in [0.05, 0.1) is 13.2 Å². The van der Waals surface area contributed by atoms with Crippen molar-refractivity contribution in [2.24, 2.45) is 5.92 Å². The van der Waals surface area contributed by atoms with E-state index in [1.54, 1.807) is 48.5 Å². The molecular weight excluding hydrogens is 372 g/mol. The standard InChI is InChI=1S/C23H28O6/c1-2-19(18-27-23(25)29-21-15-9-4-10-16-21)12-6-5-11-17-26-22(24)28-20-13-7-3-8-14-20/h3-4,7-10,13-16,19H,2,5-6,11-12,17-18H2,1H3. The van der Waals surface area contributed by atoms with Crippen molar-refractivity contribution in [3.05, 3.63) is 60.7 Å². The summed E-state index contributed by atoms with van der Waals surface area (Å²) in [6, 6.07) is 17.7. The fraction of sp³-hybridized carbons (Fsp3) is 0.391. The van der Waals surface area contributed by atoms with Crippen LogP contribution in [-0.2, 0) is 9.47 Å². The molecule has 2 aromatic rings. The van der Waals surface area contributed by atoms with Crippen LogP contribution in [0.15, 0.2) is 60.7 Å². The second-order valence-electron chi connectivity index (χ2n) is 6.61. The Labute approximate surface area is 171 Å². The third kappa shape index (κ3) is 9.65. The second kappa shape index (κ2) is 13.2. The van der Waals surface area contributed by atoms with Gasteiger partial charge in [-0.25, -0.2) is 9.59 Å². The summed E-state index contributed by atoms with van der Waals surface area (Å²) in [6.07, 6.45) is 3.13. The fourth-order valence-electron chi connectivity index (χ4n) is 2.69. The predicted octanol–water partition coefficient (Wildman–Crippen LogP) is 6.00.